The zero-order valence-corrected chi connectivity index (χ0v) is 19.6. The standard InChI is InChI=1S/C24H31F2NO5S/c1-30-14-7-5-3-2-4-6-9-20-19-15-17(16-33(27,28)29)12-13-18(19)23-21(31-20)10-8-11-22(23)32-24(25)26/h8,10-13,15,20,24H,2-7,9,14,16H2,1H3,(H2,27,28,29). The summed E-state index contributed by atoms with van der Waals surface area (Å²) in [6, 6.07) is 9.95. The number of fused-ring (bicyclic) bond motifs is 3. The zero-order valence-electron chi connectivity index (χ0n) is 18.8. The predicted octanol–water partition coefficient (Wildman–Crippen LogP) is 5.55. The van der Waals surface area contributed by atoms with E-state index in [9.17, 15) is 17.2 Å². The SMILES string of the molecule is COCCCCCCCCC1Oc2cccc(OC(F)F)c2-c2ccc(CS(N)(=O)=O)cc21. The van der Waals surface area contributed by atoms with Crippen LogP contribution >= 0.6 is 0 Å². The Morgan fingerprint density at radius 3 is 2.48 bits per heavy atom. The van der Waals surface area contributed by atoms with Crippen molar-refractivity contribution >= 4 is 10.0 Å². The number of benzene rings is 2. The molecule has 0 aromatic heterocycles. The molecule has 1 atom stereocenters. The fourth-order valence-electron chi connectivity index (χ4n) is 4.21. The normalized spacial score (nSPS) is 15.1. The molecule has 6 nitrogen and oxygen atoms in total. The van der Waals surface area contributed by atoms with Crippen molar-refractivity contribution in [3.05, 3.63) is 47.5 Å². The average molecular weight is 484 g/mol. The van der Waals surface area contributed by atoms with Crippen LogP contribution in [-0.2, 0) is 20.5 Å². The van der Waals surface area contributed by atoms with Gasteiger partial charge in [0.15, 0.2) is 0 Å². The Kier molecular flexibility index (Phi) is 9.05. The summed E-state index contributed by atoms with van der Waals surface area (Å²) in [5.41, 5.74) is 2.44. The zero-order chi connectivity index (χ0) is 23.8. The summed E-state index contributed by atoms with van der Waals surface area (Å²) in [6.07, 6.45) is 6.82. The maximum Gasteiger partial charge on any atom is 0.387 e. The monoisotopic (exact) mass is 483 g/mol. The summed E-state index contributed by atoms with van der Waals surface area (Å²) in [6.45, 7) is -2.19. The van der Waals surface area contributed by atoms with Gasteiger partial charge in [-0.15, -0.1) is 0 Å². The van der Waals surface area contributed by atoms with E-state index >= 15 is 0 Å². The molecule has 0 spiro atoms. The van der Waals surface area contributed by atoms with Crippen LogP contribution in [0.25, 0.3) is 11.1 Å². The Bertz CT molecular complexity index is 1030. The van der Waals surface area contributed by atoms with Crippen molar-refractivity contribution in [1.82, 2.24) is 0 Å². The fourth-order valence-corrected chi connectivity index (χ4v) is 4.86. The number of sulfonamides is 1. The van der Waals surface area contributed by atoms with Crippen molar-refractivity contribution < 1.29 is 31.4 Å². The van der Waals surface area contributed by atoms with Gasteiger partial charge >= 0.3 is 6.61 Å². The van der Waals surface area contributed by atoms with Crippen LogP contribution in [0.15, 0.2) is 36.4 Å². The van der Waals surface area contributed by atoms with Gasteiger partial charge in [-0.3, -0.25) is 0 Å². The van der Waals surface area contributed by atoms with Crippen LogP contribution in [0.2, 0.25) is 0 Å². The molecular weight excluding hydrogens is 452 g/mol. The fraction of sp³-hybridized carbons (Fsp3) is 0.500. The number of ether oxygens (including phenoxy) is 3. The van der Waals surface area contributed by atoms with Crippen molar-refractivity contribution in [3.63, 3.8) is 0 Å². The summed E-state index contributed by atoms with van der Waals surface area (Å²) in [7, 11) is -2.01. The van der Waals surface area contributed by atoms with Gasteiger partial charge in [0, 0.05) is 19.3 Å². The van der Waals surface area contributed by atoms with E-state index < -0.39 is 16.6 Å². The van der Waals surface area contributed by atoms with Crippen LogP contribution < -0.4 is 14.6 Å². The van der Waals surface area contributed by atoms with Crippen LogP contribution in [0.1, 0.15) is 62.2 Å². The summed E-state index contributed by atoms with van der Waals surface area (Å²) in [4.78, 5) is 0. The van der Waals surface area contributed by atoms with E-state index in [-0.39, 0.29) is 17.6 Å². The number of primary sulfonamides is 1. The number of alkyl halides is 2. The molecule has 0 saturated carbocycles. The topological polar surface area (TPSA) is 87.8 Å². The molecular formula is C24H31F2NO5S. The Morgan fingerprint density at radius 1 is 1.06 bits per heavy atom. The molecule has 0 amide bonds. The Morgan fingerprint density at radius 2 is 1.79 bits per heavy atom. The molecule has 0 saturated heterocycles. The Hall–Kier alpha value is -2.23. The smallest absolute Gasteiger partial charge is 0.387 e. The molecule has 33 heavy (non-hydrogen) atoms. The second-order valence-corrected chi connectivity index (χ2v) is 9.86. The summed E-state index contributed by atoms with van der Waals surface area (Å²) in [5, 5.41) is 5.22. The highest BCUT2D eigenvalue weighted by Crippen LogP contribution is 2.49. The highest BCUT2D eigenvalue weighted by atomic mass is 32.2. The Balaban J connectivity index is 1.80. The lowest BCUT2D eigenvalue weighted by Gasteiger charge is -2.30. The molecule has 3 rings (SSSR count). The molecule has 1 unspecified atom stereocenters. The molecule has 2 N–H and O–H groups in total. The molecule has 0 fully saturated rings. The van der Waals surface area contributed by atoms with E-state index in [0.29, 0.717) is 22.4 Å². The first kappa shape index (κ1) is 25.4. The minimum Gasteiger partial charge on any atom is -0.485 e. The van der Waals surface area contributed by atoms with Crippen LogP contribution in [0, 0.1) is 0 Å². The van der Waals surface area contributed by atoms with E-state index in [1.165, 1.54) is 6.07 Å². The van der Waals surface area contributed by atoms with Crippen LogP contribution in [0.3, 0.4) is 0 Å². The second kappa shape index (κ2) is 11.8. The van der Waals surface area contributed by atoms with E-state index in [2.05, 4.69) is 0 Å². The molecule has 1 aliphatic rings. The first-order valence-electron chi connectivity index (χ1n) is 11.2. The van der Waals surface area contributed by atoms with Gasteiger partial charge in [0.2, 0.25) is 10.0 Å². The third kappa shape index (κ3) is 7.38. The number of methoxy groups -OCH3 is 1. The van der Waals surface area contributed by atoms with Gasteiger partial charge in [0.25, 0.3) is 0 Å². The van der Waals surface area contributed by atoms with Crippen LogP contribution in [0.4, 0.5) is 8.78 Å². The lowest BCUT2D eigenvalue weighted by molar-refractivity contribution is -0.0496. The van der Waals surface area contributed by atoms with Gasteiger partial charge in [0.05, 0.1) is 11.3 Å². The van der Waals surface area contributed by atoms with Gasteiger partial charge in [-0.1, -0.05) is 49.9 Å². The lowest BCUT2D eigenvalue weighted by atomic mass is 9.89. The number of nitrogens with two attached hydrogens (primary N) is 1. The maximum atomic E-state index is 13.0. The van der Waals surface area contributed by atoms with Crippen molar-refractivity contribution in [2.75, 3.05) is 13.7 Å². The molecule has 1 aliphatic heterocycles. The molecule has 2 aromatic carbocycles. The number of hydrogen-bond donors (Lipinski definition) is 1. The minimum atomic E-state index is -3.71. The largest absolute Gasteiger partial charge is 0.485 e. The van der Waals surface area contributed by atoms with E-state index in [0.717, 1.165) is 57.1 Å². The highest BCUT2D eigenvalue weighted by molar-refractivity contribution is 7.88. The van der Waals surface area contributed by atoms with Gasteiger partial charge < -0.3 is 14.2 Å². The van der Waals surface area contributed by atoms with Gasteiger partial charge in [-0.2, -0.15) is 8.78 Å². The van der Waals surface area contributed by atoms with Gasteiger partial charge in [-0.05, 0) is 42.5 Å². The third-order valence-corrected chi connectivity index (χ3v) is 6.37. The maximum absolute atomic E-state index is 13.0. The first-order valence-corrected chi connectivity index (χ1v) is 12.9. The number of unbranched alkanes of at least 4 members (excludes halogenated alkanes) is 5. The quantitative estimate of drug-likeness (QED) is 0.377. The van der Waals surface area contributed by atoms with E-state index in [4.69, 9.17) is 19.3 Å². The molecule has 1 heterocycles. The summed E-state index contributed by atoms with van der Waals surface area (Å²) in [5.74, 6) is 0.193. The summed E-state index contributed by atoms with van der Waals surface area (Å²) >= 11 is 0. The van der Waals surface area contributed by atoms with Crippen LogP contribution in [-0.4, -0.2) is 28.7 Å². The van der Waals surface area contributed by atoms with Gasteiger partial charge in [-0.25, -0.2) is 13.6 Å². The average Bonchev–Trinajstić information content (AvgIpc) is 2.74. The molecule has 182 valence electrons. The number of hydrogen-bond acceptors (Lipinski definition) is 5. The number of rotatable bonds is 13. The molecule has 2 aromatic rings. The number of halogens is 2. The van der Waals surface area contributed by atoms with Crippen molar-refractivity contribution in [2.24, 2.45) is 5.14 Å². The minimum absolute atomic E-state index is 0.0254. The van der Waals surface area contributed by atoms with Crippen molar-refractivity contribution in [3.8, 4) is 22.6 Å². The van der Waals surface area contributed by atoms with Gasteiger partial charge in [0.1, 0.15) is 17.6 Å². The van der Waals surface area contributed by atoms with Crippen LogP contribution in [0.5, 0.6) is 11.5 Å². The molecule has 0 radical (unpaired) electrons. The van der Waals surface area contributed by atoms with E-state index in [1.54, 1.807) is 37.4 Å². The summed E-state index contributed by atoms with van der Waals surface area (Å²) < 4.78 is 65.2. The van der Waals surface area contributed by atoms with Crippen molar-refractivity contribution in [1.29, 1.82) is 0 Å². The molecule has 0 bridgehead atoms. The highest BCUT2D eigenvalue weighted by Gasteiger charge is 2.29. The predicted molar refractivity (Wildman–Crippen MR) is 123 cm³/mol. The van der Waals surface area contributed by atoms with E-state index in [1.807, 2.05) is 0 Å². The lowest BCUT2D eigenvalue weighted by Crippen LogP contribution is -2.18. The third-order valence-electron chi connectivity index (χ3n) is 5.64. The molecule has 0 aliphatic carbocycles. The second-order valence-electron chi connectivity index (χ2n) is 8.25. The first-order chi connectivity index (χ1) is 15.8. The molecule has 9 heteroatoms. The Labute approximate surface area is 194 Å². The van der Waals surface area contributed by atoms with Crippen molar-refractivity contribution in [2.45, 2.75) is 63.4 Å².